The predicted molar refractivity (Wildman–Crippen MR) is 140 cm³/mol. The van der Waals surface area contributed by atoms with Crippen molar-refractivity contribution in [3.8, 4) is 5.75 Å². The summed E-state index contributed by atoms with van der Waals surface area (Å²) < 4.78 is 31.4. The highest BCUT2D eigenvalue weighted by atomic mass is 35.5. The second-order valence-electron chi connectivity index (χ2n) is 8.26. The summed E-state index contributed by atoms with van der Waals surface area (Å²) in [5, 5.41) is 3.33. The SMILES string of the molecule is CC[C@@H](C)NC(=O)[C@@H](C)N(Cc1cccc(OC)c1)C(=O)CN(c1cc(Cl)cc(Cl)c1)S(C)(=O)=O. The van der Waals surface area contributed by atoms with Crippen LogP contribution in [0.1, 0.15) is 32.8 Å². The van der Waals surface area contributed by atoms with E-state index in [1.807, 2.05) is 13.8 Å². The van der Waals surface area contributed by atoms with Crippen molar-refractivity contribution in [2.75, 3.05) is 24.2 Å². The first kappa shape index (κ1) is 28.7. The van der Waals surface area contributed by atoms with Gasteiger partial charge in [0, 0.05) is 22.6 Å². The fourth-order valence-corrected chi connectivity index (χ4v) is 4.66. The fraction of sp³-hybridized carbons (Fsp3) is 0.417. The average molecular weight is 545 g/mol. The van der Waals surface area contributed by atoms with Gasteiger partial charge in [0.2, 0.25) is 21.8 Å². The molecule has 0 radical (unpaired) electrons. The Kier molecular flexibility index (Phi) is 10.2. The number of amides is 2. The Balaban J connectivity index is 2.43. The average Bonchev–Trinajstić information content (AvgIpc) is 2.78. The number of hydrogen-bond donors (Lipinski definition) is 1. The Labute approximate surface area is 217 Å². The van der Waals surface area contributed by atoms with E-state index < -0.39 is 28.5 Å². The van der Waals surface area contributed by atoms with E-state index in [1.54, 1.807) is 31.2 Å². The molecule has 192 valence electrons. The Morgan fingerprint density at radius 1 is 1.09 bits per heavy atom. The first-order chi connectivity index (χ1) is 16.3. The summed E-state index contributed by atoms with van der Waals surface area (Å²) in [4.78, 5) is 27.8. The third-order valence-electron chi connectivity index (χ3n) is 5.47. The van der Waals surface area contributed by atoms with E-state index in [2.05, 4.69) is 5.32 Å². The zero-order chi connectivity index (χ0) is 26.3. The van der Waals surface area contributed by atoms with Crippen molar-refractivity contribution >= 4 is 50.7 Å². The van der Waals surface area contributed by atoms with Gasteiger partial charge in [0.1, 0.15) is 18.3 Å². The van der Waals surface area contributed by atoms with Crippen LogP contribution in [-0.4, -0.2) is 57.1 Å². The predicted octanol–water partition coefficient (Wildman–Crippen LogP) is 4.10. The topological polar surface area (TPSA) is 96.0 Å². The normalized spacial score (nSPS) is 13.0. The van der Waals surface area contributed by atoms with Gasteiger partial charge in [0.05, 0.1) is 19.1 Å². The molecule has 0 spiro atoms. The van der Waals surface area contributed by atoms with Crippen molar-refractivity contribution < 1.29 is 22.7 Å². The van der Waals surface area contributed by atoms with Crippen molar-refractivity contribution in [1.29, 1.82) is 0 Å². The van der Waals surface area contributed by atoms with E-state index >= 15 is 0 Å². The van der Waals surface area contributed by atoms with Crippen LogP contribution < -0.4 is 14.4 Å². The van der Waals surface area contributed by atoms with E-state index in [-0.39, 0.29) is 34.2 Å². The van der Waals surface area contributed by atoms with Gasteiger partial charge in [-0.2, -0.15) is 0 Å². The van der Waals surface area contributed by atoms with Crippen LogP contribution in [0.3, 0.4) is 0 Å². The maximum atomic E-state index is 13.5. The van der Waals surface area contributed by atoms with E-state index in [9.17, 15) is 18.0 Å². The Morgan fingerprint density at radius 3 is 2.26 bits per heavy atom. The van der Waals surface area contributed by atoms with Crippen LogP contribution >= 0.6 is 23.2 Å². The maximum absolute atomic E-state index is 13.5. The number of ether oxygens (including phenoxy) is 1. The summed E-state index contributed by atoms with van der Waals surface area (Å²) in [6, 6.07) is 10.4. The monoisotopic (exact) mass is 543 g/mol. The van der Waals surface area contributed by atoms with E-state index in [0.717, 1.165) is 22.5 Å². The summed E-state index contributed by atoms with van der Waals surface area (Å²) in [5.41, 5.74) is 0.869. The molecular weight excluding hydrogens is 513 g/mol. The minimum Gasteiger partial charge on any atom is -0.497 e. The van der Waals surface area contributed by atoms with Gasteiger partial charge in [0.25, 0.3) is 0 Å². The van der Waals surface area contributed by atoms with Crippen LogP contribution in [0.4, 0.5) is 5.69 Å². The van der Waals surface area contributed by atoms with Gasteiger partial charge in [-0.15, -0.1) is 0 Å². The molecule has 35 heavy (non-hydrogen) atoms. The van der Waals surface area contributed by atoms with Crippen molar-refractivity contribution in [3.05, 3.63) is 58.1 Å². The van der Waals surface area contributed by atoms with Gasteiger partial charge in [0.15, 0.2) is 0 Å². The van der Waals surface area contributed by atoms with Gasteiger partial charge in [-0.1, -0.05) is 42.3 Å². The van der Waals surface area contributed by atoms with E-state index in [4.69, 9.17) is 27.9 Å². The van der Waals surface area contributed by atoms with Crippen LogP contribution in [0.15, 0.2) is 42.5 Å². The molecule has 0 saturated heterocycles. The highest BCUT2D eigenvalue weighted by Crippen LogP contribution is 2.27. The summed E-state index contributed by atoms with van der Waals surface area (Å²) >= 11 is 12.1. The number of anilines is 1. The molecule has 2 aromatic carbocycles. The fourth-order valence-electron chi connectivity index (χ4n) is 3.31. The van der Waals surface area contributed by atoms with Crippen molar-refractivity contribution in [3.63, 3.8) is 0 Å². The Bertz CT molecular complexity index is 1140. The number of hydrogen-bond acceptors (Lipinski definition) is 5. The number of sulfonamides is 1. The molecule has 8 nitrogen and oxygen atoms in total. The zero-order valence-electron chi connectivity index (χ0n) is 20.4. The Morgan fingerprint density at radius 2 is 1.71 bits per heavy atom. The van der Waals surface area contributed by atoms with Crippen LogP contribution in [0.25, 0.3) is 0 Å². The lowest BCUT2D eigenvalue weighted by molar-refractivity contribution is -0.139. The van der Waals surface area contributed by atoms with Crippen molar-refractivity contribution in [2.45, 2.75) is 45.8 Å². The minimum atomic E-state index is -3.88. The molecule has 0 heterocycles. The lowest BCUT2D eigenvalue weighted by Gasteiger charge is -2.32. The molecule has 0 fully saturated rings. The first-order valence-electron chi connectivity index (χ1n) is 11.0. The van der Waals surface area contributed by atoms with Gasteiger partial charge < -0.3 is 15.0 Å². The molecule has 2 atom stereocenters. The largest absolute Gasteiger partial charge is 0.497 e. The summed E-state index contributed by atoms with van der Waals surface area (Å²) in [6.07, 6.45) is 1.71. The van der Waals surface area contributed by atoms with Gasteiger partial charge >= 0.3 is 0 Å². The third kappa shape index (κ3) is 8.30. The summed E-state index contributed by atoms with van der Waals surface area (Å²) in [6.45, 7) is 4.94. The van der Waals surface area contributed by atoms with Crippen LogP contribution in [0, 0.1) is 0 Å². The second-order valence-corrected chi connectivity index (χ2v) is 11.0. The molecule has 0 saturated carbocycles. The third-order valence-corrected chi connectivity index (χ3v) is 7.05. The molecular formula is C24H31Cl2N3O5S. The van der Waals surface area contributed by atoms with Crippen LogP contribution in [-0.2, 0) is 26.2 Å². The number of methoxy groups -OCH3 is 1. The maximum Gasteiger partial charge on any atom is 0.244 e. The molecule has 0 unspecified atom stereocenters. The number of nitrogens with one attached hydrogen (secondary N) is 1. The number of benzene rings is 2. The minimum absolute atomic E-state index is 0.0685. The number of rotatable bonds is 11. The smallest absolute Gasteiger partial charge is 0.244 e. The lowest BCUT2D eigenvalue weighted by Crippen LogP contribution is -2.52. The van der Waals surface area contributed by atoms with E-state index in [0.29, 0.717) is 5.75 Å². The molecule has 2 amide bonds. The quantitative estimate of drug-likeness (QED) is 0.460. The first-order valence-corrected chi connectivity index (χ1v) is 13.6. The number of carbonyl (C=O) groups excluding carboxylic acids is 2. The number of carbonyl (C=O) groups is 2. The standard InChI is InChI=1S/C24H31Cl2N3O5S/c1-6-16(2)27-24(31)17(3)28(14-18-8-7-9-22(10-18)34-4)23(30)15-29(35(5,32)33)21-12-19(25)11-20(26)13-21/h7-13,16-17H,6,14-15H2,1-5H3,(H,27,31)/t16-,17-/m1/s1. The van der Waals surface area contributed by atoms with E-state index in [1.165, 1.54) is 30.2 Å². The number of halogens is 2. The molecule has 0 bridgehead atoms. The second kappa shape index (κ2) is 12.5. The van der Waals surface area contributed by atoms with Gasteiger partial charge in [-0.3, -0.25) is 13.9 Å². The zero-order valence-corrected chi connectivity index (χ0v) is 22.7. The highest BCUT2D eigenvalue weighted by molar-refractivity contribution is 7.92. The highest BCUT2D eigenvalue weighted by Gasteiger charge is 2.30. The van der Waals surface area contributed by atoms with Gasteiger partial charge in [-0.05, 0) is 56.2 Å². The van der Waals surface area contributed by atoms with Gasteiger partial charge in [-0.25, -0.2) is 8.42 Å². The Hall–Kier alpha value is -2.49. The van der Waals surface area contributed by atoms with Crippen LogP contribution in [0.5, 0.6) is 5.75 Å². The van der Waals surface area contributed by atoms with Crippen molar-refractivity contribution in [2.24, 2.45) is 0 Å². The molecule has 0 aromatic heterocycles. The molecule has 0 aliphatic carbocycles. The van der Waals surface area contributed by atoms with Crippen molar-refractivity contribution in [1.82, 2.24) is 10.2 Å². The number of nitrogens with zero attached hydrogens (tertiary/aromatic N) is 2. The molecule has 2 aromatic rings. The molecule has 0 aliphatic heterocycles. The molecule has 11 heteroatoms. The van der Waals surface area contributed by atoms with Crippen LogP contribution in [0.2, 0.25) is 10.0 Å². The molecule has 0 aliphatic rings. The lowest BCUT2D eigenvalue weighted by atomic mass is 10.1. The summed E-state index contributed by atoms with van der Waals surface area (Å²) in [5.74, 6) is -0.314. The summed E-state index contributed by atoms with van der Waals surface area (Å²) in [7, 11) is -2.35. The molecule has 1 N–H and O–H groups in total. The molecule has 2 rings (SSSR count).